The van der Waals surface area contributed by atoms with Crippen molar-refractivity contribution < 1.29 is 18.7 Å². The van der Waals surface area contributed by atoms with E-state index in [0.717, 1.165) is 4.47 Å². The van der Waals surface area contributed by atoms with Crippen molar-refractivity contribution in [2.75, 3.05) is 17.2 Å². The van der Waals surface area contributed by atoms with Gasteiger partial charge < -0.3 is 15.4 Å². The lowest BCUT2D eigenvalue weighted by molar-refractivity contribution is 0.0972. The van der Waals surface area contributed by atoms with Gasteiger partial charge in [0.25, 0.3) is 11.8 Å². The van der Waals surface area contributed by atoms with Crippen LogP contribution < -0.4 is 20.7 Å². The molecule has 0 aliphatic rings. The molecule has 0 aromatic heterocycles. The molecule has 0 saturated heterocycles. The van der Waals surface area contributed by atoms with Crippen LogP contribution >= 0.6 is 39.7 Å². The van der Waals surface area contributed by atoms with Crippen molar-refractivity contribution in [3.05, 3.63) is 87.1 Å². The minimum Gasteiger partial charge on any atom is -0.493 e. The quantitative estimate of drug-likeness (QED) is 0.327. The Balaban J connectivity index is 1.67. The van der Waals surface area contributed by atoms with Crippen molar-refractivity contribution in [1.29, 1.82) is 0 Å². The fraction of sp³-hybridized carbons (Fsp3) is 0.0870. The third-order valence-corrected chi connectivity index (χ3v) is 5.26. The SMILES string of the molecule is CCOc1ccc(Br)cc1C(=O)NC(=S)Nc1cccc(C(=O)Nc2ccc(F)c(Cl)c2)c1. The summed E-state index contributed by atoms with van der Waals surface area (Å²) in [5, 5.41) is 8.08. The second kappa shape index (κ2) is 11.2. The smallest absolute Gasteiger partial charge is 0.261 e. The number of thiocarbonyl (C=S) groups is 1. The van der Waals surface area contributed by atoms with E-state index in [1.165, 1.54) is 18.2 Å². The monoisotopic (exact) mass is 549 g/mol. The molecule has 3 aromatic rings. The van der Waals surface area contributed by atoms with Gasteiger partial charge in [0.05, 0.1) is 17.2 Å². The Hall–Kier alpha value is -3.01. The van der Waals surface area contributed by atoms with Crippen LogP contribution in [0.2, 0.25) is 5.02 Å². The summed E-state index contributed by atoms with van der Waals surface area (Å²) in [6.45, 7) is 2.23. The number of rotatable bonds is 6. The fourth-order valence-corrected chi connectivity index (χ4v) is 3.56. The molecule has 33 heavy (non-hydrogen) atoms. The molecule has 0 fully saturated rings. The van der Waals surface area contributed by atoms with Gasteiger partial charge in [-0.1, -0.05) is 33.6 Å². The summed E-state index contributed by atoms with van der Waals surface area (Å²) < 4.78 is 19.5. The lowest BCUT2D eigenvalue weighted by Crippen LogP contribution is -2.34. The molecule has 3 N–H and O–H groups in total. The van der Waals surface area contributed by atoms with E-state index in [9.17, 15) is 14.0 Å². The Morgan fingerprint density at radius 1 is 1.03 bits per heavy atom. The molecule has 0 spiro atoms. The third-order valence-electron chi connectivity index (χ3n) is 4.27. The van der Waals surface area contributed by atoms with E-state index in [1.807, 2.05) is 6.92 Å². The van der Waals surface area contributed by atoms with E-state index < -0.39 is 17.6 Å². The van der Waals surface area contributed by atoms with Crippen molar-refractivity contribution in [3.63, 3.8) is 0 Å². The number of carbonyl (C=O) groups excluding carboxylic acids is 2. The number of nitrogens with one attached hydrogen (secondary N) is 3. The number of hydrogen-bond acceptors (Lipinski definition) is 4. The summed E-state index contributed by atoms with van der Waals surface area (Å²) in [6, 6.07) is 15.5. The van der Waals surface area contributed by atoms with Crippen LogP contribution in [-0.2, 0) is 0 Å². The van der Waals surface area contributed by atoms with Gasteiger partial charge in [0.2, 0.25) is 0 Å². The highest BCUT2D eigenvalue weighted by Gasteiger charge is 2.15. The molecule has 2 amide bonds. The van der Waals surface area contributed by atoms with Gasteiger partial charge in [-0.05, 0) is 73.7 Å². The van der Waals surface area contributed by atoms with Crippen LogP contribution in [0, 0.1) is 5.82 Å². The number of halogens is 3. The maximum absolute atomic E-state index is 13.3. The van der Waals surface area contributed by atoms with Crippen LogP contribution in [0.4, 0.5) is 15.8 Å². The summed E-state index contributed by atoms with van der Waals surface area (Å²) in [5.74, 6) is -1.01. The first-order valence-corrected chi connectivity index (χ1v) is 11.3. The molecule has 0 radical (unpaired) electrons. The van der Waals surface area contributed by atoms with Crippen LogP contribution in [0.1, 0.15) is 27.6 Å². The van der Waals surface area contributed by atoms with Gasteiger partial charge in [-0.15, -0.1) is 0 Å². The fourth-order valence-electron chi connectivity index (χ4n) is 2.81. The number of hydrogen-bond donors (Lipinski definition) is 3. The van der Waals surface area contributed by atoms with Crippen molar-refractivity contribution in [3.8, 4) is 5.75 Å². The number of amides is 2. The number of carbonyl (C=O) groups is 2. The van der Waals surface area contributed by atoms with E-state index in [2.05, 4.69) is 31.9 Å². The molecular weight excluding hydrogens is 533 g/mol. The zero-order chi connectivity index (χ0) is 24.0. The molecule has 0 atom stereocenters. The molecule has 3 aromatic carbocycles. The second-order valence-electron chi connectivity index (χ2n) is 6.65. The highest BCUT2D eigenvalue weighted by atomic mass is 79.9. The largest absolute Gasteiger partial charge is 0.493 e. The van der Waals surface area contributed by atoms with Gasteiger partial charge >= 0.3 is 0 Å². The predicted octanol–water partition coefficient (Wildman–Crippen LogP) is 6.02. The molecule has 0 heterocycles. The van der Waals surface area contributed by atoms with Crippen LogP contribution in [0.15, 0.2) is 65.1 Å². The highest BCUT2D eigenvalue weighted by molar-refractivity contribution is 9.10. The Labute approximate surface area is 208 Å². The van der Waals surface area contributed by atoms with Gasteiger partial charge in [0.1, 0.15) is 11.6 Å². The van der Waals surface area contributed by atoms with Crippen molar-refractivity contribution in [2.24, 2.45) is 0 Å². The average Bonchev–Trinajstić information content (AvgIpc) is 2.77. The molecule has 10 heteroatoms. The molecule has 0 aliphatic carbocycles. The van der Waals surface area contributed by atoms with E-state index in [0.29, 0.717) is 34.9 Å². The lowest BCUT2D eigenvalue weighted by atomic mass is 10.1. The van der Waals surface area contributed by atoms with Crippen LogP contribution in [0.3, 0.4) is 0 Å². The van der Waals surface area contributed by atoms with E-state index in [1.54, 1.807) is 42.5 Å². The summed E-state index contributed by atoms with van der Waals surface area (Å²) in [7, 11) is 0. The Morgan fingerprint density at radius 3 is 2.52 bits per heavy atom. The molecular formula is C23H18BrClFN3O3S. The molecule has 3 rings (SSSR count). The normalized spacial score (nSPS) is 10.3. The van der Waals surface area contributed by atoms with Crippen molar-refractivity contribution in [1.82, 2.24) is 5.32 Å². The third kappa shape index (κ3) is 6.74. The van der Waals surface area contributed by atoms with E-state index in [4.69, 9.17) is 28.6 Å². The summed E-state index contributed by atoms with van der Waals surface area (Å²) in [4.78, 5) is 25.2. The van der Waals surface area contributed by atoms with Crippen LogP contribution in [0.25, 0.3) is 0 Å². The summed E-state index contributed by atoms with van der Waals surface area (Å²) in [6.07, 6.45) is 0. The molecule has 0 bridgehead atoms. The zero-order valence-electron chi connectivity index (χ0n) is 17.2. The average molecular weight is 551 g/mol. The first kappa shape index (κ1) is 24.6. The maximum atomic E-state index is 13.3. The van der Waals surface area contributed by atoms with Crippen LogP contribution in [0.5, 0.6) is 5.75 Å². The predicted molar refractivity (Wildman–Crippen MR) is 135 cm³/mol. The van der Waals surface area contributed by atoms with Gasteiger partial charge in [-0.2, -0.15) is 0 Å². The molecule has 6 nitrogen and oxygen atoms in total. The van der Waals surface area contributed by atoms with Gasteiger partial charge in [0, 0.05) is 21.4 Å². The van der Waals surface area contributed by atoms with Crippen molar-refractivity contribution in [2.45, 2.75) is 6.92 Å². The van der Waals surface area contributed by atoms with Crippen LogP contribution in [-0.4, -0.2) is 23.5 Å². The van der Waals surface area contributed by atoms with E-state index in [-0.39, 0.29) is 10.1 Å². The number of ether oxygens (including phenoxy) is 1. The van der Waals surface area contributed by atoms with E-state index >= 15 is 0 Å². The number of benzene rings is 3. The Bertz CT molecular complexity index is 1230. The molecule has 0 saturated carbocycles. The second-order valence-corrected chi connectivity index (χ2v) is 8.38. The molecule has 170 valence electrons. The molecule has 0 aliphatic heterocycles. The summed E-state index contributed by atoms with van der Waals surface area (Å²) >= 11 is 14.3. The molecule has 0 unspecified atom stereocenters. The minimum absolute atomic E-state index is 0.0466. The van der Waals surface area contributed by atoms with Crippen molar-refractivity contribution >= 4 is 68.1 Å². The topological polar surface area (TPSA) is 79.5 Å². The van der Waals surface area contributed by atoms with Gasteiger partial charge in [0.15, 0.2) is 5.11 Å². The number of anilines is 2. The lowest BCUT2D eigenvalue weighted by Gasteiger charge is -2.13. The Kier molecular flexibility index (Phi) is 8.37. The Morgan fingerprint density at radius 2 is 1.79 bits per heavy atom. The highest BCUT2D eigenvalue weighted by Crippen LogP contribution is 2.24. The summed E-state index contributed by atoms with van der Waals surface area (Å²) in [5.41, 5.74) is 1.48. The van der Waals surface area contributed by atoms with Gasteiger partial charge in [-0.25, -0.2) is 4.39 Å². The zero-order valence-corrected chi connectivity index (χ0v) is 20.4. The first-order valence-electron chi connectivity index (χ1n) is 9.68. The minimum atomic E-state index is -0.576. The van der Waals surface area contributed by atoms with Gasteiger partial charge in [-0.3, -0.25) is 14.9 Å². The standard InChI is InChI=1S/C23H18BrClFN3O3S/c1-2-32-20-9-6-14(24)11-17(20)22(31)29-23(33)28-15-5-3-4-13(10-15)21(30)27-16-7-8-19(26)18(25)12-16/h3-12H,2H2,1H3,(H,27,30)(H2,28,29,31,33). The first-order chi connectivity index (χ1) is 15.8. The maximum Gasteiger partial charge on any atom is 0.261 e.